The summed E-state index contributed by atoms with van der Waals surface area (Å²) in [7, 11) is 0. The molecule has 0 amide bonds. The minimum Gasteiger partial charge on any atom is -0.379 e. The summed E-state index contributed by atoms with van der Waals surface area (Å²) >= 11 is 0. The van der Waals surface area contributed by atoms with Gasteiger partial charge in [-0.2, -0.15) is 0 Å². The molecule has 1 fully saturated rings. The van der Waals surface area contributed by atoms with Crippen LogP contribution >= 0.6 is 0 Å². The van der Waals surface area contributed by atoms with Crippen LogP contribution in [0.5, 0.6) is 0 Å². The number of hydrogen-bond donors (Lipinski definition) is 1. The molecule has 2 nitrogen and oxygen atoms in total. The van der Waals surface area contributed by atoms with Gasteiger partial charge in [0, 0.05) is 11.5 Å². The monoisotopic (exact) mass is 205 g/mol. The van der Waals surface area contributed by atoms with Crippen LogP contribution in [0.3, 0.4) is 0 Å². The average Bonchev–Trinajstić information content (AvgIpc) is 2.11. The van der Waals surface area contributed by atoms with Gasteiger partial charge in [0.05, 0.1) is 13.2 Å². The molecule has 0 aliphatic carbocycles. The lowest BCUT2D eigenvalue weighted by Crippen LogP contribution is -2.49. The summed E-state index contributed by atoms with van der Waals surface area (Å²) in [5.74, 6) is 0. The van der Waals surface area contributed by atoms with E-state index in [2.05, 4.69) is 38.1 Å². The fourth-order valence-corrected chi connectivity index (χ4v) is 2.34. The second kappa shape index (κ2) is 3.95. The predicted octanol–water partition coefficient (Wildman–Crippen LogP) is 2.00. The third kappa shape index (κ3) is 2.06. The summed E-state index contributed by atoms with van der Waals surface area (Å²) < 4.78 is 5.38. The molecule has 2 heteroatoms. The smallest absolute Gasteiger partial charge is 0.0586 e. The Morgan fingerprint density at radius 1 is 1.47 bits per heavy atom. The summed E-state index contributed by atoms with van der Waals surface area (Å²) in [4.78, 5) is 0. The first-order valence-corrected chi connectivity index (χ1v) is 5.53. The Morgan fingerprint density at radius 2 is 2.20 bits per heavy atom. The first-order valence-electron chi connectivity index (χ1n) is 5.53. The van der Waals surface area contributed by atoms with E-state index in [1.165, 1.54) is 11.1 Å². The first-order chi connectivity index (χ1) is 7.12. The number of rotatable bonds is 3. The molecule has 1 aromatic rings. The number of nitrogens with two attached hydrogens (primary N) is 1. The molecule has 0 aromatic heterocycles. The van der Waals surface area contributed by atoms with Crippen molar-refractivity contribution in [1.82, 2.24) is 0 Å². The molecule has 1 atom stereocenters. The number of benzene rings is 1. The summed E-state index contributed by atoms with van der Waals surface area (Å²) in [5.41, 5.74) is 8.78. The second-order valence-electron chi connectivity index (χ2n) is 4.82. The number of aryl methyl sites for hydroxylation is 1. The van der Waals surface area contributed by atoms with Crippen LogP contribution in [0.25, 0.3) is 0 Å². The maximum atomic E-state index is 5.91. The molecule has 1 aromatic carbocycles. The SMILES string of the molecule is Cc1cccc(C2(CC(C)N)COC2)c1. The molecule has 2 N–H and O–H groups in total. The molecule has 1 heterocycles. The van der Waals surface area contributed by atoms with Gasteiger partial charge in [0.1, 0.15) is 0 Å². The van der Waals surface area contributed by atoms with Crippen LogP contribution < -0.4 is 5.73 Å². The van der Waals surface area contributed by atoms with Gasteiger partial charge in [0.25, 0.3) is 0 Å². The van der Waals surface area contributed by atoms with Crippen LogP contribution in [0.2, 0.25) is 0 Å². The van der Waals surface area contributed by atoms with E-state index in [4.69, 9.17) is 10.5 Å². The third-order valence-corrected chi connectivity index (χ3v) is 3.10. The second-order valence-corrected chi connectivity index (χ2v) is 4.82. The molecule has 0 spiro atoms. The highest BCUT2D eigenvalue weighted by Gasteiger charge is 2.40. The lowest BCUT2D eigenvalue weighted by Gasteiger charge is -2.43. The minimum absolute atomic E-state index is 0.181. The van der Waals surface area contributed by atoms with Crippen molar-refractivity contribution in [2.45, 2.75) is 31.7 Å². The number of hydrogen-bond acceptors (Lipinski definition) is 2. The van der Waals surface area contributed by atoms with E-state index in [1.807, 2.05) is 0 Å². The molecule has 1 unspecified atom stereocenters. The average molecular weight is 205 g/mol. The summed E-state index contributed by atoms with van der Waals surface area (Å²) in [6.45, 7) is 5.83. The van der Waals surface area contributed by atoms with Crippen molar-refractivity contribution in [3.05, 3.63) is 35.4 Å². The largest absolute Gasteiger partial charge is 0.379 e. The van der Waals surface area contributed by atoms with Gasteiger partial charge in [0.15, 0.2) is 0 Å². The minimum atomic E-state index is 0.181. The highest BCUT2D eigenvalue weighted by atomic mass is 16.5. The van der Waals surface area contributed by atoms with E-state index < -0.39 is 0 Å². The van der Waals surface area contributed by atoms with Crippen molar-refractivity contribution < 1.29 is 4.74 Å². The fourth-order valence-electron chi connectivity index (χ4n) is 2.34. The van der Waals surface area contributed by atoms with Gasteiger partial charge in [-0.1, -0.05) is 29.8 Å². The van der Waals surface area contributed by atoms with Gasteiger partial charge in [-0.05, 0) is 25.8 Å². The van der Waals surface area contributed by atoms with Crippen molar-refractivity contribution in [3.8, 4) is 0 Å². The maximum absolute atomic E-state index is 5.91. The zero-order chi connectivity index (χ0) is 10.9. The van der Waals surface area contributed by atoms with Crippen LogP contribution in [-0.2, 0) is 10.2 Å². The Hall–Kier alpha value is -0.860. The van der Waals surface area contributed by atoms with Crippen LogP contribution in [0.4, 0.5) is 0 Å². The standard InChI is InChI=1S/C13H19NO/c1-10-4-3-5-12(6-10)13(7-11(2)14)8-15-9-13/h3-6,11H,7-9,14H2,1-2H3. The van der Waals surface area contributed by atoms with Gasteiger partial charge in [-0.25, -0.2) is 0 Å². The van der Waals surface area contributed by atoms with Gasteiger partial charge < -0.3 is 10.5 Å². The van der Waals surface area contributed by atoms with Crippen LogP contribution in [0, 0.1) is 6.92 Å². The quantitative estimate of drug-likeness (QED) is 0.819. The molecule has 0 radical (unpaired) electrons. The maximum Gasteiger partial charge on any atom is 0.0586 e. The van der Waals surface area contributed by atoms with Crippen molar-refractivity contribution in [3.63, 3.8) is 0 Å². The van der Waals surface area contributed by atoms with Crippen LogP contribution in [0.1, 0.15) is 24.5 Å². The van der Waals surface area contributed by atoms with Crippen molar-refractivity contribution in [2.75, 3.05) is 13.2 Å². The zero-order valence-corrected chi connectivity index (χ0v) is 9.49. The lowest BCUT2D eigenvalue weighted by atomic mass is 9.74. The Balaban J connectivity index is 2.26. The lowest BCUT2D eigenvalue weighted by molar-refractivity contribution is -0.0665. The van der Waals surface area contributed by atoms with Gasteiger partial charge >= 0.3 is 0 Å². The van der Waals surface area contributed by atoms with E-state index in [1.54, 1.807) is 0 Å². The molecular formula is C13H19NO. The topological polar surface area (TPSA) is 35.2 Å². The summed E-state index contributed by atoms with van der Waals surface area (Å²) in [6.07, 6.45) is 1.01. The highest BCUT2D eigenvalue weighted by Crippen LogP contribution is 2.36. The normalized spacial score (nSPS) is 20.7. The molecule has 0 bridgehead atoms. The summed E-state index contributed by atoms with van der Waals surface area (Å²) in [5, 5.41) is 0. The van der Waals surface area contributed by atoms with E-state index in [9.17, 15) is 0 Å². The Kier molecular flexibility index (Phi) is 2.81. The third-order valence-electron chi connectivity index (χ3n) is 3.10. The van der Waals surface area contributed by atoms with E-state index in [-0.39, 0.29) is 11.5 Å². The first kappa shape index (κ1) is 10.7. The molecular weight excluding hydrogens is 186 g/mol. The van der Waals surface area contributed by atoms with Crippen molar-refractivity contribution in [2.24, 2.45) is 5.73 Å². The number of ether oxygens (including phenoxy) is 1. The Morgan fingerprint density at radius 3 is 2.67 bits per heavy atom. The van der Waals surface area contributed by atoms with Gasteiger partial charge in [0.2, 0.25) is 0 Å². The van der Waals surface area contributed by atoms with E-state index in [0.29, 0.717) is 0 Å². The molecule has 1 aliphatic heterocycles. The fraction of sp³-hybridized carbons (Fsp3) is 0.538. The van der Waals surface area contributed by atoms with Crippen LogP contribution in [0.15, 0.2) is 24.3 Å². The Bertz CT molecular complexity index is 342. The molecule has 1 saturated heterocycles. The van der Waals surface area contributed by atoms with Crippen LogP contribution in [-0.4, -0.2) is 19.3 Å². The van der Waals surface area contributed by atoms with Crippen molar-refractivity contribution >= 4 is 0 Å². The zero-order valence-electron chi connectivity index (χ0n) is 9.49. The molecule has 0 saturated carbocycles. The van der Waals surface area contributed by atoms with Crippen molar-refractivity contribution in [1.29, 1.82) is 0 Å². The van der Waals surface area contributed by atoms with E-state index >= 15 is 0 Å². The molecule has 82 valence electrons. The molecule has 15 heavy (non-hydrogen) atoms. The molecule has 1 aliphatic rings. The summed E-state index contributed by atoms with van der Waals surface area (Å²) in [6, 6.07) is 8.92. The molecule has 2 rings (SSSR count). The predicted molar refractivity (Wildman–Crippen MR) is 61.9 cm³/mol. The Labute approximate surface area is 91.4 Å². The van der Waals surface area contributed by atoms with E-state index in [0.717, 1.165) is 19.6 Å². The van der Waals surface area contributed by atoms with Gasteiger partial charge in [-0.15, -0.1) is 0 Å². The van der Waals surface area contributed by atoms with Gasteiger partial charge in [-0.3, -0.25) is 0 Å². The highest BCUT2D eigenvalue weighted by molar-refractivity contribution is 5.32.